The molecule has 5 nitrogen and oxygen atoms in total. The Kier molecular flexibility index (Phi) is 4.61. The fraction of sp³-hybridized carbons (Fsp3) is 0.211. The molecule has 1 aromatic heterocycles. The monoisotopic (exact) mass is 339 g/mol. The predicted molar refractivity (Wildman–Crippen MR) is 93.8 cm³/mol. The summed E-state index contributed by atoms with van der Waals surface area (Å²) in [4.78, 5) is 33.6. The van der Waals surface area contributed by atoms with Crippen LogP contribution in [0.25, 0.3) is 10.9 Å². The molecule has 1 amide bonds. The minimum absolute atomic E-state index is 0.132. The standard InChI is InChI=1S/C19H18FN3O2/c1-12(2)23(19(25)13-6-5-7-14(20)10-13)11-17-21-16-9-4-3-8-15(16)18(24)22-17/h3-10,12H,11H2,1-2H3,(H,21,22,24). The van der Waals surface area contributed by atoms with Gasteiger partial charge in [-0.05, 0) is 44.2 Å². The van der Waals surface area contributed by atoms with Crippen molar-refractivity contribution in [2.75, 3.05) is 0 Å². The molecule has 0 saturated heterocycles. The SMILES string of the molecule is CC(C)N(Cc1nc2ccccc2c(=O)[nH]1)C(=O)c1cccc(F)c1. The molecule has 0 atom stereocenters. The maximum atomic E-state index is 13.4. The highest BCUT2D eigenvalue weighted by molar-refractivity contribution is 5.94. The van der Waals surface area contributed by atoms with E-state index in [1.165, 1.54) is 18.2 Å². The zero-order valence-corrected chi connectivity index (χ0v) is 14.0. The number of rotatable bonds is 4. The third-order valence-electron chi connectivity index (χ3n) is 3.94. The highest BCUT2D eigenvalue weighted by atomic mass is 19.1. The van der Waals surface area contributed by atoms with Crippen LogP contribution in [0.4, 0.5) is 4.39 Å². The quantitative estimate of drug-likeness (QED) is 0.794. The van der Waals surface area contributed by atoms with E-state index in [9.17, 15) is 14.0 Å². The van der Waals surface area contributed by atoms with Crippen LogP contribution >= 0.6 is 0 Å². The highest BCUT2D eigenvalue weighted by Gasteiger charge is 2.20. The fourth-order valence-corrected chi connectivity index (χ4v) is 2.65. The van der Waals surface area contributed by atoms with Gasteiger partial charge in [0.2, 0.25) is 0 Å². The van der Waals surface area contributed by atoms with E-state index in [0.29, 0.717) is 16.7 Å². The summed E-state index contributed by atoms with van der Waals surface area (Å²) in [7, 11) is 0. The van der Waals surface area contributed by atoms with Crippen LogP contribution in [0.1, 0.15) is 30.0 Å². The number of fused-ring (bicyclic) bond motifs is 1. The van der Waals surface area contributed by atoms with E-state index in [1.807, 2.05) is 13.8 Å². The smallest absolute Gasteiger partial charge is 0.258 e. The molecule has 3 aromatic rings. The van der Waals surface area contributed by atoms with Crippen LogP contribution in [0.3, 0.4) is 0 Å². The summed E-state index contributed by atoms with van der Waals surface area (Å²) >= 11 is 0. The van der Waals surface area contributed by atoms with E-state index < -0.39 is 5.82 Å². The summed E-state index contributed by atoms with van der Waals surface area (Å²) in [5, 5.41) is 0.499. The van der Waals surface area contributed by atoms with Crippen LogP contribution < -0.4 is 5.56 Å². The lowest BCUT2D eigenvalue weighted by atomic mass is 10.1. The number of hydrogen-bond acceptors (Lipinski definition) is 3. The first-order valence-electron chi connectivity index (χ1n) is 8.00. The molecule has 0 fully saturated rings. The van der Waals surface area contributed by atoms with Crippen molar-refractivity contribution in [3.05, 3.63) is 76.1 Å². The second-order valence-corrected chi connectivity index (χ2v) is 6.07. The molecule has 25 heavy (non-hydrogen) atoms. The van der Waals surface area contributed by atoms with E-state index in [2.05, 4.69) is 9.97 Å². The minimum Gasteiger partial charge on any atom is -0.329 e. The number of benzene rings is 2. The van der Waals surface area contributed by atoms with Crippen LogP contribution in [0, 0.1) is 5.82 Å². The summed E-state index contributed by atoms with van der Waals surface area (Å²) in [6, 6.07) is 12.4. The Morgan fingerprint density at radius 2 is 1.96 bits per heavy atom. The Labute approximate surface area is 144 Å². The van der Waals surface area contributed by atoms with Gasteiger partial charge in [0.1, 0.15) is 11.6 Å². The largest absolute Gasteiger partial charge is 0.329 e. The van der Waals surface area contributed by atoms with Gasteiger partial charge in [0.15, 0.2) is 0 Å². The average molecular weight is 339 g/mol. The number of carbonyl (C=O) groups excluding carboxylic acids is 1. The van der Waals surface area contributed by atoms with Crippen molar-refractivity contribution in [2.45, 2.75) is 26.4 Å². The maximum Gasteiger partial charge on any atom is 0.258 e. The van der Waals surface area contributed by atoms with Crippen molar-refractivity contribution >= 4 is 16.8 Å². The second-order valence-electron chi connectivity index (χ2n) is 6.07. The van der Waals surface area contributed by atoms with E-state index in [1.54, 1.807) is 35.2 Å². The van der Waals surface area contributed by atoms with E-state index >= 15 is 0 Å². The first-order chi connectivity index (χ1) is 12.0. The van der Waals surface area contributed by atoms with Gasteiger partial charge in [-0.25, -0.2) is 9.37 Å². The van der Waals surface area contributed by atoms with Crippen molar-refractivity contribution < 1.29 is 9.18 Å². The summed E-state index contributed by atoms with van der Waals surface area (Å²) in [6.07, 6.45) is 0. The predicted octanol–water partition coefficient (Wildman–Crippen LogP) is 3.11. The molecule has 0 aliphatic heterocycles. The average Bonchev–Trinajstić information content (AvgIpc) is 2.59. The third kappa shape index (κ3) is 3.57. The zero-order valence-electron chi connectivity index (χ0n) is 14.0. The normalized spacial score (nSPS) is 11.0. The van der Waals surface area contributed by atoms with Crippen molar-refractivity contribution in [3.63, 3.8) is 0 Å². The molecule has 2 aromatic carbocycles. The molecule has 1 N–H and O–H groups in total. The van der Waals surface area contributed by atoms with Crippen LogP contribution in [0.2, 0.25) is 0 Å². The number of amides is 1. The van der Waals surface area contributed by atoms with Gasteiger partial charge in [-0.1, -0.05) is 18.2 Å². The Morgan fingerprint density at radius 1 is 1.20 bits per heavy atom. The number of aromatic amines is 1. The van der Waals surface area contributed by atoms with E-state index in [-0.39, 0.29) is 29.6 Å². The van der Waals surface area contributed by atoms with Gasteiger partial charge in [0.25, 0.3) is 11.5 Å². The Hall–Kier alpha value is -3.02. The van der Waals surface area contributed by atoms with Crippen molar-refractivity contribution in [1.29, 1.82) is 0 Å². The van der Waals surface area contributed by atoms with Crippen LogP contribution in [0.5, 0.6) is 0 Å². The van der Waals surface area contributed by atoms with Gasteiger partial charge in [-0.3, -0.25) is 9.59 Å². The number of hydrogen-bond donors (Lipinski definition) is 1. The third-order valence-corrected chi connectivity index (χ3v) is 3.94. The molecule has 0 bridgehead atoms. The number of para-hydroxylation sites is 1. The first kappa shape index (κ1) is 16.8. The van der Waals surface area contributed by atoms with Gasteiger partial charge >= 0.3 is 0 Å². The van der Waals surface area contributed by atoms with Gasteiger partial charge in [-0.2, -0.15) is 0 Å². The van der Waals surface area contributed by atoms with Gasteiger partial charge in [-0.15, -0.1) is 0 Å². The van der Waals surface area contributed by atoms with Gasteiger partial charge < -0.3 is 9.88 Å². The number of H-pyrrole nitrogens is 1. The number of carbonyl (C=O) groups is 1. The molecule has 0 radical (unpaired) electrons. The molecule has 1 heterocycles. The zero-order chi connectivity index (χ0) is 18.0. The van der Waals surface area contributed by atoms with Gasteiger partial charge in [0.05, 0.1) is 17.4 Å². The summed E-state index contributed by atoms with van der Waals surface area (Å²) in [5.74, 6) is -0.390. The van der Waals surface area contributed by atoms with Gasteiger partial charge in [0, 0.05) is 11.6 Å². The molecule has 128 valence electrons. The van der Waals surface area contributed by atoms with Crippen molar-refractivity contribution in [2.24, 2.45) is 0 Å². The van der Waals surface area contributed by atoms with Crippen molar-refractivity contribution in [3.8, 4) is 0 Å². The number of halogens is 1. The van der Waals surface area contributed by atoms with Crippen molar-refractivity contribution in [1.82, 2.24) is 14.9 Å². The minimum atomic E-state index is -0.466. The molecule has 0 saturated carbocycles. The van der Waals surface area contributed by atoms with E-state index in [0.717, 1.165) is 0 Å². The summed E-state index contributed by atoms with van der Waals surface area (Å²) in [6.45, 7) is 3.85. The van der Waals surface area contributed by atoms with E-state index in [4.69, 9.17) is 0 Å². The first-order valence-corrected chi connectivity index (χ1v) is 8.00. The molecule has 6 heteroatoms. The second kappa shape index (κ2) is 6.84. The molecule has 0 aliphatic rings. The molecule has 0 aliphatic carbocycles. The molecule has 0 unspecified atom stereocenters. The number of nitrogens with one attached hydrogen (secondary N) is 1. The summed E-state index contributed by atoms with van der Waals surface area (Å²) < 4.78 is 13.4. The molecular weight excluding hydrogens is 321 g/mol. The van der Waals surface area contributed by atoms with Crippen LogP contribution in [0.15, 0.2) is 53.3 Å². The molecule has 3 rings (SSSR count). The Bertz CT molecular complexity index is 982. The Balaban J connectivity index is 1.95. The highest BCUT2D eigenvalue weighted by Crippen LogP contribution is 2.14. The number of nitrogens with zero attached hydrogens (tertiary/aromatic N) is 2. The molecular formula is C19H18FN3O2. The lowest BCUT2D eigenvalue weighted by molar-refractivity contribution is 0.0684. The lowest BCUT2D eigenvalue weighted by Gasteiger charge is -2.26. The summed E-state index contributed by atoms with van der Waals surface area (Å²) in [5.41, 5.74) is 0.586. The maximum absolute atomic E-state index is 13.4. The number of aromatic nitrogens is 2. The fourth-order valence-electron chi connectivity index (χ4n) is 2.65. The lowest BCUT2D eigenvalue weighted by Crippen LogP contribution is -2.37. The Morgan fingerprint density at radius 3 is 2.68 bits per heavy atom. The van der Waals surface area contributed by atoms with Crippen LogP contribution in [-0.2, 0) is 6.54 Å². The molecule has 0 spiro atoms. The van der Waals surface area contributed by atoms with Crippen LogP contribution in [-0.4, -0.2) is 26.8 Å². The topological polar surface area (TPSA) is 66.1 Å².